The molecule has 0 aliphatic rings. The molecule has 4 aromatic heterocycles. The monoisotopic (exact) mass is 895 g/mol. The molecule has 0 bridgehead atoms. The zero-order chi connectivity index (χ0) is 34.1. The first-order chi connectivity index (χ1) is 23.7. The van der Waals surface area contributed by atoms with Gasteiger partial charge in [-0.1, -0.05) is 41.3 Å². The minimum absolute atomic E-state index is 0. The summed E-state index contributed by atoms with van der Waals surface area (Å²) < 4.78 is 9.91. The summed E-state index contributed by atoms with van der Waals surface area (Å²) in [6, 6.07) is 43.5. The number of rotatable bonds is 6. The molecule has 253 valence electrons. The van der Waals surface area contributed by atoms with Crippen molar-refractivity contribution in [2.75, 3.05) is 0 Å². The smallest absolute Gasteiger partial charge is 0.216 e. The second-order valence-electron chi connectivity index (χ2n) is 13.9. The second-order valence-corrected chi connectivity index (χ2v) is 24.5. The van der Waals surface area contributed by atoms with E-state index < -0.39 is 13.3 Å². The fraction of sp³-hybridized carbons (Fsp3) is 0.186. The van der Waals surface area contributed by atoms with Gasteiger partial charge < -0.3 is 8.98 Å². The predicted molar refractivity (Wildman–Crippen MR) is 205 cm³/mol. The number of nitrogens with zero attached hydrogens (tertiary/aromatic N) is 4. The molecular formula is C43H40GeIrN4O-2. The fourth-order valence-corrected chi connectivity index (χ4v) is 9.73. The van der Waals surface area contributed by atoms with Crippen LogP contribution in [0.3, 0.4) is 0 Å². The zero-order valence-electron chi connectivity index (χ0n) is 29.3. The average molecular weight is 894 g/mol. The van der Waals surface area contributed by atoms with E-state index in [2.05, 4.69) is 95.4 Å². The van der Waals surface area contributed by atoms with Crippen molar-refractivity contribution in [1.82, 2.24) is 19.5 Å². The van der Waals surface area contributed by atoms with Gasteiger partial charge in [-0.25, -0.2) is 4.98 Å². The topological polar surface area (TPSA) is 56.7 Å². The van der Waals surface area contributed by atoms with E-state index in [1.54, 1.807) is 4.40 Å². The summed E-state index contributed by atoms with van der Waals surface area (Å²) in [5.41, 5.74) is 9.82. The molecule has 0 spiro atoms. The van der Waals surface area contributed by atoms with Crippen molar-refractivity contribution in [2.24, 2.45) is 5.92 Å². The largest absolute Gasteiger partial charge is 0.486 e. The van der Waals surface area contributed by atoms with Gasteiger partial charge in [-0.3, -0.25) is 4.98 Å². The maximum Gasteiger partial charge on any atom is 0.216 e. The maximum absolute atomic E-state index is 6.21. The van der Waals surface area contributed by atoms with Crippen LogP contribution in [0.5, 0.6) is 0 Å². The minimum atomic E-state index is -1.86. The fourth-order valence-electron chi connectivity index (χ4n) is 6.39. The van der Waals surface area contributed by atoms with E-state index in [1.807, 2.05) is 79.7 Å². The van der Waals surface area contributed by atoms with Gasteiger partial charge in [0, 0.05) is 36.9 Å². The number of fused-ring (bicyclic) bond motifs is 4. The minimum Gasteiger partial charge on any atom is -0.486 e. The molecule has 0 amide bonds. The Kier molecular flexibility index (Phi) is 10.5. The number of imidazole rings is 1. The molecule has 4 aromatic carbocycles. The van der Waals surface area contributed by atoms with Crippen molar-refractivity contribution >= 4 is 50.8 Å². The molecule has 0 aliphatic heterocycles. The summed E-state index contributed by atoms with van der Waals surface area (Å²) in [5.74, 6) is 8.80. The van der Waals surface area contributed by atoms with Crippen molar-refractivity contribution in [2.45, 2.75) is 44.5 Å². The van der Waals surface area contributed by atoms with E-state index in [0.29, 0.717) is 11.6 Å². The summed E-state index contributed by atoms with van der Waals surface area (Å²) in [5, 5.41) is 2.02. The Bertz CT molecular complexity index is 2390. The average Bonchev–Trinajstić information content (AvgIpc) is 3.67. The third-order valence-corrected chi connectivity index (χ3v) is 13.0. The maximum atomic E-state index is 6.21. The van der Waals surface area contributed by atoms with E-state index >= 15 is 0 Å². The molecule has 0 N–H and O–H groups in total. The van der Waals surface area contributed by atoms with Gasteiger partial charge in [0.2, 0.25) is 5.71 Å². The number of furan rings is 1. The molecule has 0 saturated heterocycles. The van der Waals surface area contributed by atoms with Crippen LogP contribution in [0.25, 0.3) is 61.4 Å². The molecule has 0 aliphatic carbocycles. The first-order valence-corrected chi connectivity index (χ1v) is 24.2. The van der Waals surface area contributed by atoms with Crippen LogP contribution < -0.4 is 4.40 Å². The van der Waals surface area contributed by atoms with Crippen molar-refractivity contribution in [3.05, 3.63) is 139 Å². The predicted octanol–water partition coefficient (Wildman–Crippen LogP) is 10.4. The molecule has 0 saturated carbocycles. The Morgan fingerprint density at radius 3 is 2.30 bits per heavy atom. The van der Waals surface area contributed by atoms with Gasteiger partial charge in [-0.05, 0) is 43.3 Å². The molecule has 1 radical (unpaired) electrons. The third kappa shape index (κ3) is 7.25. The number of benzene rings is 4. The molecule has 8 aromatic rings. The van der Waals surface area contributed by atoms with E-state index in [9.17, 15) is 0 Å². The van der Waals surface area contributed by atoms with E-state index in [-0.39, 0.29) is 20.1 Å². The van der Waals surface area contributed by atoms with Gasteiger partial charge in [0.25, 0.3) is 0 Å². The number of hydrogen-bond acceptors (Lipinski definition) is 4. The summed E-state index contributed by atoms with van der Waals surface area (Å²) >= 11 is -1.86. The van der Waals surface area contributed by atoms with Gasteiger partial charge in [-0.2, -0.15) is 0 Å². The van der Waals surface area contributed by atoms with Crippen molar-refractivity contribution in [3.63, 3.8) is 0 Å². The molecular weight excluding hydrogens is 853 g/mol. The molecule has 0 unspecified atom stereocenters. The first-order valence-electron chi connectivity index (χ1n) is 16.9. The summed E-state index contributed by atoms with van der Waals surface area (Å²) in [6.45, 7) is 6.54. The molecule has 0 fully saturated rings. The summed E-state index contributed by atoms with van der Waals surface area (Å²) in [6.07, 6.45) is 3.27. The third-order valence-electron chi connectivity index (χ3n) is 8.65. The van der Waals surface area contributed by atoms with Crippen LogP contribution in [0.1, 0.15) is 25.1 Å². The van der Waals surface area contributed by atoms with Crippen LogP contribution in [0.2, 0.25) is 17.3 Å². The Labute approximate surface area is 310 Å². The van der Waals surface area contributed by atoms with E-state index in [4.69, 9.17) is 14.4 Å². The van der Waals surface area contributed by atoms with E-state index in [0.717, 1.165) is 67.8 Å². The molecule has 50 heavy (non-hydrogen) atoms. The number of para-hydroxylation sites is 3. The molecule has 7 heteroatoms. The molecule has 4 heterocycles. The SMILES string of the molecule is CC(C)Cc1cc(-c2[c-]cccc2)nc[c]1[Ge]([CH3])([CH3])[CH3].Cc1ccc2c(n1)oc1c(-c3nc4ccccc4n3-c3ccccc3)[c-]ccc12.[Ir]. The molecule has 0 atom stereocenters. The standard InChI is InChI=1S/C25H16N3O.C18H24GeN.Ir/c1-16-14-15-19-18-10-7-11-20(23(18)29-25(19)26-16)24-27-21-12-5-6-13-22(21)28(24)17-8-3-2-4-9-17;1-14(2)11-16-12-18(15-9-7-6-8-10-15)20-13-17(16)19(3,4)5;/h2-10,12-15H,1H3;6-9,12-14H,11H2,1-5H3;/q2*-1;. The van der Waals surface area contributed by atoms with Crippen molar-refractivity contribution < 1.29 is 24.5 Å². The van der Waals surface area contributed by atoms with Gasteiger partial charge in [0.05, 0.1) is 22.4 Å². The van der Waals surface area contributed by atoms with Crippen molar-refractivity contribution in [1.29, 1.82) is 0 Å². The van der Waals surface area contributed by atoms with Crippen LogP contribution in [0.15, 0.2) is 120 Å². The second kappa shape index (κ2) is 14.9. The summed E-state index contributed by atoms with van der Waals surface area (Å²) in [4.78, 5) is 14.2. The molecule has 8 rings (SSSR count). The normalized spacial score (nSPS) is 11.5. The van der Waals surface area contributed by atoms with E-state index in [1.165, 1.54) is 5.56 Å². The van der Waals surface area contributed by atoms with Gasteiger partial charge in [-0.15, -0.1) is 18.2 Å². The number of aryl methyl sites for hydroxylation is 1. The van der Waals surface area contributed by atoms with Gasteiger partial charge >= 0.3 is 126 Å². The Balaban J connectivity index is 0.000000182. The van der Waals surface area contributed by atoms with Crippen LogP contribution in [0, 0.1) is 25.0 Å². The van der Waals surface area contributed by atoms with Gasteiger partial charge in [0.15, 0.2) is 0 Å². The quantitative estimate of drug-likeness (QED) is 0.123. The zero-order valence-corrected chi connectivity index (χ0v) is 33.8. The molecule has 5 nitrogen and oxygen atoms in total. The number of aromatic nitrogens is 4. The van der Waals surface area contributed by atoms with Crippen LogP contribution in [-0.2, 0) is 26.5 Å². The first kappa shape index (κ1) is 35.5. The van der Waals surface area contributed by atoms with Crippen LogP contribution >= 0.6 is 0 Å². The Morgan fingerprint density at radius 1 is 0.800 bits per heavy atom. The Morgan fingerprint density at radius 2 is 1.56 bits per heavy atom. The van der Waals surface area contributed by atoms with Crippen LogP contribution in [0.4, 0.5) is 0 Å². The summed E-state index contributed by atoms with van der Waals surface area (Å²) in [7, 11) is 0. The number of hydrogen-bond donors (Lipinski definition) is 0. The van der Waals surface area contributed by atoms with Crippen molar-refractivity contribution in [3.8, 4) is 28.3 Å². The Hall–Kier alpha value is -4.36. The van der Waals surface area contributed by atoms with Crippen LogP contribution in [-0.4, -0.2) is 32.8 Å². The number of pyridine rings is 2. The van der Waals surface area contributed by atoms with Gasteiger partial charge in [0.1, 0.15) is 0 Å².